The summed E-state index contributed by atoms with van der Waals surface area (Å²) in [5.74, 6) is -1.57. The van der Waals surface area contributed by atoms with Gasteiger partial charge in [-0.3, -0.25) is 4.79 Å². The first-order chi connectivity index (χ1) is 16.9. The second-order valence-corrected chi connectivity index (χ2v) is 9.60. The summed E-state index contributed by atoms with van der Waals surface area (Å²) in [5, 5.41) is 15.1. The Hall–Kier alpha value is -3.35. The van der Waals surface area contributed by atoms with E-state index in [1.807, 2.05) is 31.2 Å². The molecule has 4 rings (SSSR count). The molecule has 2 aliphatic carbocycles. The summed E-state index contributed by atoms with van der Waals surface area (Å²) in [6.45, 7) is 2.13. The van der Waals surface area contributed by atoms with E-state index in [2.05, 4.69) is 34.9 Å². The van der Waals surface area contributed by atoms with Gasteiger partial charge < -0.3 is 20.5 Å². The van der Waals surface area contributed by atoms with Gasteiger partial charge in [0, 0.05) is 5.92 Å². The first-order valence-electron chi connectivity index (χ1n) is 12.6. The summed E-state index contributed by atoms with van der Waals surface area (Å²) in [4.78, 5) is 37.9. The number of fused-ring (bicyclic) bond motifs is 3. The van der Waals surface area contributed by atoms with Crippen molar-refractivity contribution in [3.63, 3.8) is 0 Å². The Balaban J connectivity index is 1.45. The van der Waals surface area contributed by atoms with E-state index in [-0.39, 0.29) is 12.5 Å². The maximum absolute atomic E-state index is 13.3. The molecule has 0 heterocycles. The monoisotopic (exact) mass is 478 g/mol. The third-order valence-electron chi connectivity index (χ3n) is 7.28. The van der Waals surface area contributed by atoms with Gasteiger partial charge in [-0.05, 0) is 41.5 Å². The first kappa shape index (κ1) is 24.8. The van der Waals surface area contributed by atoms with E-state index >= 15 is 0 Å². The zero-order valence-corrected chi connectivity index (χ0v) is 20.2. The minimum absolute atomic E-state index is 0.0743. The molecule has 2 aliphatic rings. The molecular weight excluding hydrogens is 444 g/mol. The molecule has 1 atom stereocenters. The van der Waals surface area contributed by atoms with Crippen LogP contribution in [0.3, 0.4) is 0 Å². The predicted molar refractivity (Wildman–Crippen MR) is 133 cm³/mol. The Morgan fingerprint density at radius 3 is 2.17 bits per heavy atom. The molecule has 0 saturated heterocycles. The third-order valence-corrected chi connectivity index (χ3v) is 7.28. The van der Waals surface area contributed by atoms with Gasteiger partial charge in [0.2, 0.25) is 5.91 Å². The number of amides is 2. The van der Waals surface area contributed by atoms with Crippen LogP contribution in [0.25, 0.3) is 11.1 Å². The lowest BCUT2D eigenvalue weighted by atomic mass is 9.80. The number of nitrogens with one attached hydrogen (secondary N) is 2. The van der Waals surface area contributed by atoms with Crippen LogP contribution >= 0.6 is 0 Å². The van der Waals surface area contributed by atoms with Crippen LogP contribution in [-0.2, 0) is 14.3 Å². The van der Waals surface area contributed by atoms with Crippen LogP contribution in [0.15, 0.2) is 48.5 Å². The second kappa shape index (κ2) is 10.9. The standard InChI is InChI=1S/C28H34N2O5/c1-2-3-15-24(25(31)32)29-26(33)28(16-9-4-10-17-28)30-27(34)35-18-23-21-13-7-5-11-19(21)20-12-6-8-14-22(20)23/h5-8,11-14,23-24H,2-4,9-10,15-18H2,1H3,(H,29,33)(H,30,34)(H,31,32)/t24-/m0/s1. The number of rotatable bonds is 9. The average molecular weight is 479 g/mol. The van der Waals surface area contributed by atoms with Crippen molar-refractivity contribution in [2.24, 2.45) is 0 Å². The largest absolute Gasteiger partial charge is 0.480 e. The normalized spacial score (nSPS) is 17.1. The Bertz CT molecular complexity index is 1030. The lowest BCUT2D eigenvalue weighted by Crippen LogP contribution is -2.62. The SMILES string of the molecule is CCCC[C@H](NC(=O)C1(NC(=O)OCC2c3ccccc3-c3ccccc32)CCCCC1)C(=O)O. The van der Waals surface area contributed by atoms with Crippen molar-refractivity contribution in [2.45, 2.75) is 75.8 Å². The van der Waals surface area contributed by atoms with Crippen molar-refractivity contribution in [1.82, 2.24) is 10.6 Å². The average Bonchev–Trinajstić information content (AvgIpc) is 3.19. The zero-order valence-electron chi connectivity index (χ0n) is 20.2. The van der Waals surface area contributed by atoms with Gasteiger partial charge in [-0.15, -0.1) is 0 Å². The second-order valence-electron chi connectivity index (χ2n) is 9.60. The molecule has 0 unspecified atom stereocenters. The van der Waals surface area contributed by atoms with E-state index in [9.17, 15) is 19.5 Å². The quantitative estimate of drug-likeness (QED) is 0.471. The zero-order chi connectivity index (χ0) is 24.8. The number of unbranched alkanes of at least 4 members (excludes halogenated alkanes) is 1. The molecule has 7 heteroatoms. The van der Waals surface area contributed by atoms with E-state index in [1.54, 1.807) is 0 Å². The highest BCUT2D eigenvalue weighted by atomic mass is 16.5. The highest BCUT2D eigenvalue weighted by molar-refractivity contribution is 5.93. The van der Waals surface area contributed by atoms with Gasteiger partial charge in [-0.1, -0.05) is 87.6 Å². The van der Waals surface area contributed by atoms with Crippen molar-refractivity contribution < 1.29 is 24.2 Å². The molecule has 3 N–H and O–H groups in total. The number of hydrogen-bond donors (Lipinski definition) is 3. The van der Waals surface area contributed by atoms with Crippen LogP contribution in [0.1, 0.15) is 75.3 Å². The summed E-state index contributed by atoms with van der Waals surface area (Å²) < 4.78 is 5.69. The van der Waals surface area contributed by atoms with Crippen LogP contribution in [0.4, 0.5) is 4.79 Å². The van der Waals surface area contributed by atoms with Crippen LogP contribution < -0.4 is 10.6 Å². The molecule has 186 valence electrons. The molecule has 0 radical (unpaired) electrons. The summed E-state index contributed by atoms with van der Waals surface area (Å²) in [6, 6.07) is 15.3. The van der Waals surface area contributed by atoms with Gasteiger partial charge in [-0.25, -0.2) is 9.59 Å². The topological polar surface area (TPSA) is 105 Å². The lowest BCUT2D eigenvalue weighted by Gasteiger charge is -2.37. The number of carboxylic acid groups (broad SMARTS) is 1. The van der Waals surface area contributed by atoms with Crippen LogP contribution in [0, 0.1) is 0 Å². The fourth-order valence-corrected chi connectivity index (χ4v) is 5.36. The van der Waals surface area contributed by atoms with E-state index in [0.717, 1.165) is 47.9 Å². The summed E-state index contributed by atoms with van der Waals surface area (Å²) in [7, 11) is 0. The van der Waals surface area contributed by atoms with Gasteiger partial charge in [0.1, 0.15) is 18.2 Å². The highest BCUT2D eigenvalue weighted by Crippen LogP contribution is 2.44. The Kier molecular flexibility index (Phi) is 7.73. The van der Waals surface area contributed by atoms with E-state index in [4.69, 9.17) is 4.74 Å². The van der Waals surface area contributed by atoms with Gasteiger partial charge >= 0.3 is 12.1 Å². The van der Waals surface area contributed by atoms with Gasteiger partial charge in [0.25, 0.3) is 0 Å². The molecule has 35 heavy (non-hydrogen) atoms. The number of benzene rings is 2. The molecule has 0 aliphatic heterocycles. The van der Waals surface area contributed by atoms with Gasteiger partial charge in [0.05, 0.1) is 0 Å². The Morgan fingerprint density at radius 2 is 1.60 bits per heavy atom. The van der Waals surface area contributed by atoms with E-state index < -0.39 is 29.6 Å². The fourth-order valence-electron chi connectivity index (χ4n) is 5.36. The first-order valence-corrected chi connectivity index (χ1v) is 12.6. The summed E-state index contributed by atoms with van der Waals surface area (Å²) in [5.41, 5.74) is 3.37. The molecule has 2 amide bonds. The molecular formula is C28H34N2O5. The van der Waals surface area contributed by atoms with E-state index in [1.165, 1.54) is 0 Å². The van der Waals surface area contributed by atoms with E-state index in [0.29, 0.717) is 25.7 Å². The minimum Gasteiger partial charge on any atom is -0.480 e. The van der Waals surface area contributed by atoms with Crippen molar-refractivity contribution >= 4 is 18.0 Å². The smallest absolute Gasteiger partial charge is 0.408 e. The molecule has 0 aromatic heterocycles. The summed E-state index contributed by atoms with van der Waals surface area (Å²) >= 11 is 0. The Morgan fingerprint density at radius 1 is 1.00 bits per heavy atom. The molecule has 0 spiro atoms. The summed E-state index contributed by atoms with van der Waals surface area (Å²) in [6.07, 6.45) is 4.70. The van der Waals surface area contributed by atoms with Crippen LogP contribution in [-0.4, -0.2) is 41.3 Å². The highest BCUT2D eigenvalue weighted by Gasteiger charge is 2.43. The molecule has 1 saturated carbocycles. The number of ether oxygens (including phenoxy) is 1. The molecule has 0 bridgehead atoms. The van der Waals surface area contributed by atoms with Crippen molar-refractivity contribution in [3.05, 3.63) is 59.7 Å². The number of carboxylic acids is 1. The number of hydrogen-bond acceptors (Lipinski definition) is 4. The van der Waals surface area contributed by atoms with Crippen LogP contribution in [0.5, 0.6) is 0 Å². The third kappa shape index (κ3) is 5.34. The van der Waals surface area contributed by atoms with Crippen molar-refractivity contribution in [1.29, 1.82) is 0 Å². The maximum atomic E-state index is 13.3. The molecule has 7 nitrogen and oxygen atoms in total. The lowest BCUT2D eigenvalue weighted by molar-refractivity contribution is -0.143. The predicted octanol–water partition coefficient (Wildman–Crippen LogP) is 4.99. The number of alkyl carbamates (subject to hydrolysis) is 1. The van der Waals surface area contributed by atoms with Gasteiger partial charge in [0.15, 0.2) is 0 Å². The van der Waals surface area contributed by atoms with Crippen molar-refractivity contribution in [3.8, 4) is 11.1 Å². The number of carbonyl (C=O) groups is 3. The number of aliphatic carboxylic acids is 1. The Labute approximate surface area is 206 Å². The number of carbonyl (C=O) groups excluding carboxylic acids is 2. The fraction of sp³-hybridized carbons (Fsp3) is 0.464. The molecule has 2 aromatic carbocycles. The molecule has 2 aromatic rings. The maximum Gasteiger partial charge on any atom is 0.408 e. The molecule has 1 fully saturated rings. The minimum atomic E-state index is -1.15. The van der Waals surface area contributed by atoms with Crippen LogP contribution in [0.2, 0.25) is 0 Å². The van der Waals surface area contributed by atoms with Gasteiger partial charge in [-0.2, -0.15) is 0 Å². The van der Waals surface area contributed by atoms with Crippen molar-refractivity contribution in [2.75, 3.05) is 6.61 Å².